The van der Waals surface area contributed by atoms with Gasteiger partial charge in [-0.05, 0) is 51.4 Å². The van der Waals surface area contributed by atoms with Crippen LogP contribution in [0.5, 0.6) is 0 Å². The second kappa shape index (κ2) is 6.17. The standard InChI is InChI=1S/C18H37N3/c1-17(2,3)14-7-8-15(19)16(13-14)20-9-11-21(12-10-20)18(4,5)6/h14-16H,7-13,19H2,1-6H3. The molecule has 21 heavy (non-hydrogen) atoms. The molecule has 0 radical (unpaired) electrons. The van der Waals surface area contributed by atoms with Gasteiger partial charge in [0.05, 0.1) is 0 Å². The van der Waals surface area contributed by atoms with Crippen LogP contribution in [0.1, 0.15) is 60.8 Å². The summed E-state index contributed by atoms with van der Waals surface area (Å²) in [5, 5.41) is 0. The summed E-state index contributed by atoms with van der Waals surface area (Å²) in [6.07, 6.45) is 3.80. The minimum absolute atomic E-state index is 0.300. The van der Waals surface area contributed by atoms with Crippen LogP contribution in [-0.2, 0) is 0 Å². The van der Waals surface area contributed by atoms with Gasteiger partial charge in [-0.3, -0.25) is 9.80 Å². The zero-order valence-corrected chi connectivity index (χ0v) is 15.2. The summed E-state index contributed by atoms with van der Waals surface area (Å²) in [4.78, 5) is 5.30. The molecule has 3 unspecified atom stereocenters. The first-order chi connectivity index (χ1) is 9.59. The lowest BCUT2D eigenvalue weighted by atomic mass is 9.69. The average molecular weight is 296 g/mol. The Bertz CT molecular complexity index is 331. The lowest BCUT2D eigenvalue weighted by Gasteiger charge is -2.49. The molecule has 124 valence electrons. The molecule has 1 saturated carbocycles. The highest BCUT2D eigenvalue weighted by atomic mass is 15.3. The quantitative estimate of drug-likeness (QED) is 0.807. The van der Waals surface area contributed by atoms with Crippen LogP contribution in [0.4, 0.5) is 0 Å². The fourth-order valence-corrected chi connectivity index (χ4v) is 4.10. The molecule has 2 fully saturated rings. The van der Waals surface area contributed by atoms with Crippen molar-refractivity contribution in [1.29, 1.82) is 0 Å². The van der Waals surface area contributed by atoms with Gasteiger partial charge >= 0.3 is 0 Å². The van der Waals surface area contributed by atoms with Crippen molar-refractivity contribution < 1.29 is 0 Å². The van der Waals surface area contributed by atoms with Crippen LogP contribution in [-0.4, -0.2) is 53.6 Å². The van der Waals surface area contributed by atoms with Gasteiger partial charge in [-0.15, -0.1) is 0 Å². The van der Waals surface area contributed by atoms with Crippen molar-refractivity contribution in [2.24, 2.45) is 17.1 Å². The molecular weight excluding hydrogens is 258 g/mol. The maximum absolute atomic E-state index is 6.48. The highest BCUT2D eigenvalue weighted by molar-refractivity contribution is 4.95. The number of nitrogens with zero attached hydrogens (tertiary/aromatic N) is 2. The van der Waals surface area contributed by atoms with Crippen molar-refractivity contribution in [3.63, 3.8) is 0 Å². The molecule has 3 atom stereocenters. The average Bonchev–Trinajstić information content (AvgIpc) is 2.37. The van der Waals surface area contributed by atoms with Crippen molar-refractivity contribution in [3.8, 4) is 0 Å². The molecule has 1 aliphatic heterocycles. The number of rotatable bonds is 1. The van der Waals surface area contributed by atoms with Gasteiger partial charge in [-0.2, -0.15) is 0 Å². The Labute approximate surface area is 132 Å². The predicted octanol–water partition coefficient (Wildman–Crippen LogP) is 2.94. The maximum Gasteiger partial charge on any atom is 0.0251 e. The van der Waals surface area contributed by atoms with Crippen molar-refractivity contribution in [1.82, 2.24) is 9.80 Å². The van der Waals surface area contributed by atoms with Gasteiger partial charge in [0.15, 0.2) is 0 Å². The monoisotopic (exact) mass is 295 g/mol. The van der Waals surface area contributed by atoms with E-state index in [9.17, 15) is 0 Å². The van der Waals surface area contributed by atoms with Crippen molar-refractivity contribution in [2.75, 3.05) is 26.2 Å². The largest absolute Gasteiger partial charge is 0.326 e. The normalized spacial score (nSPS) is 34.1. The zero-order chi connectivity index (χ0) is 15.8. The molecule has 3 nitrogen and oxygen atoms in total. The molecule has 0 aromatic carbocycles. The van der Waals surface area contributed by atoms with Gasteiger partial charge in [-0.1, -0.05) is 20.8 Å². The number of piperazine rings is 1. The first-order valence-corrected chi connectivity index (χ1v) is 8.84. The Morgan fingerprint density at radius 1 is 0.857 bits per heavy atom. The van der Waals surface area contributed by atoms with Crippen LogP contribution in [0.2, 0.25) is 0 Å². The predicted molar refractivity (Wildman–Crippen MR) is 91.5 cm³/mol. The number of hydrogen-bond donors (Lipinski definition) is 1. The van der Waals surface area contributed by atoms with E-state index in [2.05, 4.69) is 51.3 Å². The molecule has 0 aromatic heterocycles. The topological polar surface area (TPSA) is 32.5 Å². The van der Waals surface area contributed by atoms with E-state index in [-0.39, 0.29) is 0 Å². The summed E-state index contributed by atoms with van der Waals surface area (Å²) in [6.45, 7) is 18.9. The van der Waals surface area contributed by atoms with E-state index in [0.717, 1.165) is 5.92 Å². The summed E-state index contributed by atoms with van der Waals surface area (Å²) < 4.78 is 0. The first-order valence-electron chi connectivity index (χ1n) is 8.84. The SMILES string of the molecule is CC(C)(C)C1CCC(N)C(N2CCN(C(C)(C)C)CC2)C1. The first kappa shape index (κ1) is 17.2. The van der Waals surface area contributed by atoms with Gasteiger partial charge in [0.1, 0.15) is 0 Å². The molecule has 2 rings (SSSR count). The van der Waals surface area contributed by atoms with Gasteiger partial charge in [0.25, 0.3) is 0 Å². The van der Waals surface area contributed by atoms with Gasteiger partial charge in [0, 0.05) is 43.8 Å². The smallest absolute Gasteiger partial charge is 0.0251 e. The third-order valence-electron chi connectivity index (χ3n) is 5.83. The minimum Gasteiger partial charge on any atom is -0.326 e. The molecule has 0 aromatic rings. The van der Waals surface area contributed by atoms with Crippen molar-refractivity contribution >= 4 is 0 Å². The van der Waals surface area contributed by atoms with E-state index >= 15 is 0 Å². The lowest BCUT2D eigenvalue weighted by Crippen LogP contribution is -2.60. The molecule has 1 saturated heterocycles. The Morgan fingerprint density at radius 3 is 1.90 bits per heavy atom. The van der Waals surface area contributed by atoms with Crippen molar-refractivity contribution in [2.45, 2.75) is 78.4 Å². The summed E-state index contributed by atoms with van der Waals surface area (Å²) in [6, 6.07) is 0.981. The van der Waals surface area contributed by atoms with E-state index in [1.54, 1.807) is 0 Å². The minimum atomic E-state index is 0.300. The van der Waals surface area contributed by atoms with E-state index in [0.29, 0.717) is 23.0 Å². The van der Waals surface area contributed by atoms with E-state index in [4.69, 9.17) is 5.73 Å². The molecule has 1 heterocycles. The molecule has 1 aliphatic carbocycles. The van der Waals surface area contributed by atoms with Crippen LogP contribution in [0, 0.1) is 11.3 Å². The van der Waals surface area contributed by atoms with Crippen LogP contribution in [0.3, 0.4) is 0 Å². The molecular formula is C18H37N3. The van der Waals surface area contributed by atoms with Crippen LogP contribution >= 0.6 is 0 Å². The highest BCUT2D eigenvalue weighted by Crippen LogP contribution is 2.39. The summed E-state index contributed by atoms with van der Waals surface area (Å²) in [7, 11) is 0. The molecule has 3 heteroatoms. The van der Waals surface area contributed by atoms with Gasteiger partial charge < -0.3 is 5.73 Å². The molecule has 0 amide bonds. The molecule has 2 N–H and O–H groups in total. The fourth-order valence-electron chi connectivity index (χ4n) is 4.10. The third kappa shape index (κ3) is 4.20. The Balaban J connectivity index is 1.95. The molecule has 0 bridgehead atoms. The Hall–Kier alpha value is -0.120. The zero-order valence-electron chi connectivity index (χ0n) is 15.2. The van der Waals surface area contributed by atoms with E-state index < -0.39 is 0 Å². The molecule has 0 spiro atoms. The summed E-state index contributed by atoms with van der Waals surface area (Å²) >= 11 is 0. The maximum atomic E-state index is 6.48. The fraction of sp³-hybridized carbons (Fsp3) is 1.00. The Kier molecular flexibility index (Phi) is 5.07. The van der Waals surface area contributed by atoms with Crippen LogP contribution in [0.15, 0.2) is 0 Å². The summed E-state index contributed by atoms with van der Waals surface area (Å²) in [5.74, 6) is 0.822. The third-order valence-corrected chi connectivity index (χ3v) is 5.83. The Morgan fingerprint density at radius 2 is 1.43 bits per heavy atom. The van der Waals surface area contributed by atoms with Crippen molar-refractivity contribution in [3.05, 3.63) is 0 Å². The van der Waals surface area contributed by atoms with E-state index in [1.807, 2.05) is 0 Å². The van der Waals surface area contributed by atoms with Crippen LogP contribution in [0.25, 0.3) is 0 Å². The molecule has 2 aliphatic rings. The number of nitrogens with two attached hydrogens (primary N) is 1. The second-order valence-corrected chi connectivity index (χ2v) is 9.30. The van der Waals surface area contributed by atoms with Gasteiger partial charge in [0.2, 0.25) is 0 Å². The number of hydrogen-bond acceptors (Lipinski definition) is 3. The van der Waals surface area contributed by atoms with Crippen LogP contribution < -0.4 is 5.73 Å². The van der Waals surface area contributed by atoms with E-state index in [1.165, 1.54) is 45.4 Å². The highest BCUT2D eigenvalue weighted by Gasteiger charge is 2.38. The lowest BCUT2D eigenvalue weighted by molar-refractivity contribution is 0.00902. The van der Waals surface area contributed by atoms with Gasteiger partial charge in [-0.25, -0.2) is 0 Å². The summed E-state index contributed by atoms with van der Waals surface area (Å²) in [5.41, 5.74) is 7.20. The second-order valence-electron chi connectivity index (χ2n) is 9.30.